The van der Waals surface area contributed by atoms with Crippen LogP contribution in [-0.4, -0.2) is 57.0 Å². The molecule has 140 valence electrons. The molecular formula is C21H24N4OS. The maximum Gasteiger partial charge on any atom is 0.232 e. The number of rotatable bonds is 6. The molecule has 1 fully saturated rings. The maximum atomic E-state index is 12.5. The van der Waals surface area contributed by atoms with Gasteiger partial charge in [-0.1, -0.05) is 36.4 Å². The van der Waals surface area contributed by atoms with Crippen molar-refractivity contribution in [2.24, 2.45) is 0 Å². The second kappa shape index (κ2) is 8.59. The van der Waals surface area contributed by atoms with Crippen molar-refractivity contribution >= 4 is 23.3 Å². The lowest BCUT2D eigenvalue weighted by atomic mass is 10.2. The zero-order valence-corrected chi connectivity index (χ0v) is 16.1. The van der Waals surface area contributed by atoms with Crippen LogP contribution in [0.2, 0.25) is 0 Å². The summed E-state index contributed by atoms with van der Waals surface area (Å²) in [4.78, 5) is 21.3. The molecule has 1 saturated heterocycles. The lowest BCUT2D eigenvalue weighted by Crippen LogP contribution is -2.48. The molecule has 0 aliphatic carbocycles. The molecule has 0 spiro atoms. The summed E-state index contributed by atoms with van der Waals surface area (Å²) < 4.78 is 2.14. The summed E-state index contributed by atoms with van der Waals surface area (Å²) in [5.74, 6) is 1.70. The van der Waals surface area contributed by atoms with Gasteiger partial charge in [0.05, 0.1) is 17.6 Å². The second-order valence-corrected chi connectivity index (χ2v) is 7.80. The van der Waals surface area contributed by atoms with Crippen LogP contribution in [0.15, 0.2) is 60.9 Å². The molecule has 1 amide bonds. The Balaban J connectivity index is 1.23. The Labute approximate surface area is 164 Å². The van der Waals surface area contributed by atoms with Crippen molar-refractivity contribution in [3.8, 4) is 0 Å². The van der Waals surface area contributed by atoms with Crippen LogP contribution in [0, 0.1) is 0 Å². The molecule has 1 aromatic carbocycles. The highest BCUT2D eigenvalue weighted by molar-refractivity contribution is 7.99. The average Bonchev–Trinajstić information content (AvgIpc) is 3.12. The lowest BCUT2D eigenvalue weighted by Gasteiger charge is -2.34. The number of carbonyl (C=O) groups is 1. The van der Waals surface area contributed by atoms with Gasteiger partial charge in [-0.25, -0.2) is 4.98 Å². The van der Waals surface area contributed by atoms with E-state index in [9.17, 15) is 4.79 Å². The van der Waals surface area contributed by atoms with Gasteiger partial charge in [-0.15, -0.1) is 11.8 Å². The molecule has 5 nitrogen and oxygen atoms in total. The highest BCUT2D eigenvalue weighted by Gasteiger charge is 2.21. The Morgan fingerprint density at radius 1 is 1.00 bits per heavy atom. The molecule has 1 aliphatic rings. The summed E-state index contributed by atoms with van der Waals surface area (Å²) in [5, 5.41) is 0. The Morgan fingerprint density at radius 2 is 1.78 bits per heavy atom. The number of hydrogen-bond donors (Lipinski definition) is 0. The number of thioether (sulfide) groups is 1. The second-order valence-electron chi connectivity index (χ2n) is 6.81. The predicted octanol–water partition coefficient (Wildman–Crippen LogP) is 2.91. The molecule has 27 heavy (non-hydrogen) atoms. The van der Waals surface area contributed by atoms with Crippen molar-refractivity contribution in [1.82, 2.24) is 19.2 Å². The Bertz CT molecular complexity index is 887. The fraction of sp³-hybridized carbons (Fsp3) is 0.333. The molecule has 4 rings (SSSR count). The van der Waals surface area contributed by atoms with Crippen molar-refractivity contribution in [2.45, 2.75) is 12.3 Å². The highest BCUT2D eigenvalue weighted by atomic mass is 32.2. The molecule has 0 bridgehead atoms. The first-order chi connectivity index (χ1) is 13.3. The number of nitrogens with zero attached hydrogens (tertiary/aromatic N) is 4. The van der Waals surface area contributed by atoms with Crippen LogP contribution in [0.3, 0.4) is 0 Å². The van der Waals surface area contributed by atoms with E-state index in [1.165, 1.54) is 11.3 Å². The molecule has 3 heterocycles. The van der Waals surface area contributed by atoms with E-state index >= 15 is 0 Å². The van der Waals surface area contributed by atoms with E-state index in [4.69, 9.17) is 0 Å². The van der Waals surface area contributed by atoms with Crippen LogP contribution in [0.25, 0.3) is 5.65 Å². The maximum absolute atomic E-state index is 12.5. The van der Waals surface area contributed by atoms with Gasteiger partial charge >= 0.3 is 0 Å². The van der Waals surface area contributed by atoms with Gasteiger partial charge in [0.25, 0.3) is 0 Å². The summed E-state index contributed by atoms with van der Waals surface area (Å²) in [5.41, 5.74) is 3.45. The molecule has 0 N–H and O–H groups in total. The minimum atomic E-state index is 0.255. The van der Waals surface area contributed by atoms with Gasteiger partial charge in [0, 0.05) is 44.7 Å². The molecule has 0 saturated carbocycles. The number of fused-ring (bicyclic) bond motifs is 1. The molecule has 0 unspecified atom stereocenters. The molecule has 0 atom stereocenters. The largest absolute Gasteiger partial charge is 0.339 e. The number of benzene rings is 1. The van der Waals surface area contributed by atoms with Crippen LogP contribution in [0.5, 0.6) is 0 Å². The number of amides is 1. The number of aromatic nitrogens is 2. The Morgan fingerprint density at radius 3 is 2.59 bits per heavy atom. The number of hydrogen-bond acceptors (Lipinski definition) is 4. The van der Waals surface area contributed by atoms with Crippen molar-refractivity contribution in [3.05, 3.63) is 72.2 Å². The van der Waals surface area contributed by atoms with E-state index in [0.717, 1.165) is 44.1 Å². The fourth-order valence-electron chi connectivity index (χ4n) is 3.41. The van der Waals surface area contributed by atoms with Crippen molar-refractivity contribution in [2.75, 3.05) is 31.9 Å². The summed E-state index contributed by atoms with van der Waals surface area (Å²) in [7, 11) is 0. The average molecular weight is 381 g/mol. The zero-order chi connectivity index (χ0) is 18.5. The molecule has 0 radical (unpaired) electrons. The van der Waals surface area contributed by atoms with Crippen molar-refractivity contribution < 1.29 is 4.79 Å². The van der Waals surface area contributed by atoms with Crippen LogP contribution in [0.4, 0.5) is 0 Å². The fourth-order valence-corrected chi connectivity index (χ4v) is 4.30. The van der Waals surface area contributed by atoms with Crippen LogP contribution >= 0.6 is 11.8 Å². The number of piperazine rings is 1. The third-order valence-corrected chi connectivity index (χ3v) is 5.93. The SMILES string of the molecule is O=C(CSCc1ccccc1)N1CCN(Cc2cnc3ccccn23)CC1. The van der Waals surface area contributed by atoms with Gasteiger partial charge in [0.1, 0.15) is 5.65 Å². The lowest BCUT2D eigenvalue weighted by molar-refractivity contribution is -0.130. The molecule has 6 heteroatoms. The van der Waals surface area contributed by atoms with Gasteiger partial charge in [0.2, 0.25) is 5.91 Å². The minimum absolute atomic E-state index is 0.255. The molecular weight excluding hydrogens is 356 g/mol. The van der Waals surface area contributed by atoms with Crippen LogP contribution < -0.4 is 0 Å². The van der Waals surface area contributed by atoms with Gasteiger partial charge in [-0.05, 0) is 17.7 Å². The topological polar surface area (TPSA) is 40.9 Å². The van der Waals surface area contributed by atoms with Crippen LogP contribution in [-0.2, 0) is 17.1 Å². The summed E-state index contributed by atoms with van der Waals surface area (Å²) in [6.45, 7) is 4.31. The first-order valence-corrected chi connectivity index (χ1v) is 10.5. The monoisotopic (exact) mass is 380 g/mol. The summed E-state index contributed by atoms with van der Waals surface area (Å²) in [6, 6.07) is 16.4. The highest BCUT2D eigenvalue weighted by Crippen LogP contribution is 2.15. The van der Waals surface area contributed by atoms with Gasteiger partial charge < -0.3 is 9.30 Å². The van der Waals surface area contributed by atoms with E-state index in [1.807, 2.05) is 47.5 Å². The third-order valence-electron chi connectivity index (χ3n) is 4.94. The Hall–Kier alpha value is -2.31. The first kappa shape index (κ1) is 18.1. The van der Waals surface area contributed by atoms with E-state index in [2.05, 4.69) is 32.6 Å². The van der Waals surface area contributed by atoms with E-state index in [1.54, 1.807) is 11.8 Å². The van der Waals surface area contributed by atoms with E-state index in [-0.39, 0.29) is 5.91 Å². The number of imidazole rings is 1. The molecule has 3 aromatic rings. The normalized spacial score (nSPS) is 15.3. The predicted molar refractivity (Wildman–Crippen MR) is 110 cm³/mol. The Kier molecular flexibility index (Phi) is 5.75. The van der Waals surface area contributed by atoms with E-state index in [0.29, 0.717) is 5.75 Å². The molecule has 1 aliphatic heterocycles. The summed E-state index contributed by atoms with van der Waals surface area (Å²) >= 11 is 1.70. The standard InChI is InChI=1S/C21H24N4OS/c26-21(17-27-16-18-6-2-1-3-7-18)24-12-10-23(11-13-24)15-19-14-22-20-8-4-5-9-25(19)20/h1-9,14H,10-13,15-17H2. The number of carbonyl (C=O) groups excluding carboxylic acids is 1. The molecule has 2 aromatic heterocycles. The smallest absolute Gasteiger partial charge is 0.232 e. The third kappa shape index (κ3) is 4.51. The quantitative estimate of drug-likeness (QED) is 0.659. The first-order valence-electron chi connectivity index (χ1n) is 9.32. The minimum Gasteiger partial charge on any atom is -0.339 e. The van der Waals surface area contributed by atoms with Gasteiger partial charge in [-0.2, -0.15) is 0 Å². The van der Waals surface area contributed by atoms with Gasteiger partial charge in [0.15, 0.2) is 0 Å². The van der Waals surface area contributed by atoms with Crippen molar-refractivity contribution in [3.63, 3.8) is 0 Å². The van der Waals surface area contributed by atoms with E-state index < -0.39 is 0 Å². The van der Waals surface area contributed by atoms with Crippen molar-refractivity contribution in [1.29, 1.82) is 0 Å². The number of pyridine rings is 1. The summed E-state index contributed by atoms with van der Waals surface area (Å²) in [6.07, 6.45) is 4.01. The zero-order valence-electron chi connectivity index (χ0n) is 15.3. The van der Waals surface area contributed by atoms with Crippen LogP contribution in [0.1, 0.15) is 11.3 Å². The van der Waals surface area contributed by atoms with Gasteiger partial charge in [-0.3, -0.25) is 9.69 Å².